The molecule has 0 spiro atoms. The number of nitrogens with zero attached hydrogens (tertiary/aromatic N) is 5. The summed E-state index contributed by atoms with van der Waals surface area (Å²) in [6.45, 7) is 1.87. The highest BCUT2D eigenvalue weighted by atomic mass is 79.9. The third kappa shape index (κ3) is 6.66. The smallest absolute Gasteiger partial charge is 0.304 e. The van der Waals surface area contributed by atoms with Crippen molar-refractivity contribution in [3.05, 3.63) is 49.0 Å². The van der Waals surface area contributed by atoms with Gasteiger partial charge in [0.25, 0.3) is 5.69 Å². The number of nitro benzene ring substituents is 2. The second-order valence-corrected chi connectivity index (χ2v) is 7.56. The molecule has 0 saturated carbocycles. The molecular formula is C19H21BrN6O8. The van der Waals surface area contributed by atoms with Crippen LogP contribution in [0.3, 0.4) is 0 Å². The lowest BCUT2D eigenvalue weighted by Gasteiger charge is -2.21. The molecule has 34 heavy (non-hydrogen) atoms. The Labute approximate surface area is 201 Å². The fraction of sp³-hybridized carbons (Fsp3) is 0.316. The van der Waals surface area contributed by atoms with E-state index in [4.69, 9.17) is 9.47 Å². The fourth-order valence-electron chi connectivity index (χ4n) is 2.79. The highest BCUT2D eigenvalue weighted by Gasteiger charge is 2.24. The molecule has 0 aliphatic heterocycles. The summed E-state index contributed by atoms with van der Waals surface area (Å²) in [4.78, 5) is 32.6. The van der Waals surface area contributed by atoms with Gasteiger partial charge >= 0.3 is 5.69 Å². The first kappa shape index (κ1) is 26.6. The van der Waals surface area contributed by atoms with Crippen LogP contribution in [0.2, 0.25) is 0 Å². The molecule has 14 nitrogen and oxygen atoms in total. The number of methoxy groups -OCH3 is 2. The Kier molecular flexibility index (Phi) is 9.35. The van der Waals surface area contributed by atoms with Crippen molar-refractivity contribution in [2.24, 2.45) is 10.2 Å². The van der Waals surface area contributed by atoms with Crippen molar-refractivity contribution in [1.82, 2.24) is 0 Å². The molecule has 182 valence electrons. The number of benzene rings is 2. The van der Waals surface area contributed by atoms with Gasteiger partial charge in [-0.25, -0.2) is 0 Å². The number of rotatable bonds is 11. The van der Waals surface area contributed by atoms with Crippen molar-refractivity contribution in [3.8, 4) is 5.75 Å². The summed E-state index contributed by atoms with van der Waals surface area (Å²) in [6, 6.07) is 4.60. The van der Waals surface area contributed by atoms with E-state index in [1.807, 2.05) is 0 Å². The number of non-ortho nitro benzene ring substituents is 1. The molecule has 0 bridgehead atoms. The number of hydrogen-bond donors (Lipinski definition) is 2. The predicted molar refractivity (Wildman–Crippen MR) is 125 cm³/mol. The number of anilines is 2. The van der Waals surface area contributed by atoms with Gasteiger partial charge in [0.05, 0.1) is 33.2 Å². The van der Waals surface area contributed by atoms with E-state index in [1.54, 1.807) is 0 Å². The molecule has 0 aliphatic carbocycles. The van der Waals surface area contributed by atoms with Gasteiger partial charge in [0, 0.05) is 39.3 Å². The maximum atomic E-state index is 11.7. The molecule has 15 heteroatoms. The van der Waals surface area contributed by atoms with Crippen LogP contribution in [0.1, 0.15) is 13.3 Å². The third-order valence-electron chi connectivity index (χ3n) is 4.30. The molecule has 0 unspecified atom stereocenters. The molecule has 0 saturated heterocycles. The number of halogens is 1. The summed E-state index contributed by atoms with van der Waals surface area (Å²) in [6.07, 6.45) is 0.505. The van der Waals surface area contributed by atoms with Crippen LogP contribution in [0, 0.1) is 20.2 Å². The van der Waals surface area contributed by atoms with Gasteiger partial charge in [-0.15, -0.1) is 10.2 Å². The first-order valence-corrected chi connectivity index (χ1v) is 10.4. The quantitative estimate of drug-likeness (QED) is 0.173. The van der Waals surface area contributed by atoms with Crippen LogP contribution in [-0.2, 0) is 9.53 Å². The molecule has 0 radical (unpaired) electrons. The minimum Gasteiger partial charge on any atom is -0.494 e. The van der Waals surface area contributed by atoms with Gasteiger partial charge in [-0.3, -0.25) is 35.3 Å². The Morgan fingerprint density at radius 2 is 1.88 bits per heavy atom. The number of amides is 1. The number of ether oxygens (including phenoxy) is 2. The van der Waals surface area contributed by atoms with Crippen LogP contribution in [0.4, 0.5) is 34.1 Å². The Morgan fingerprint density at radius 1 is 1.18 bits per heavy atom. The van der Waals surface area contributed by atoms with Crippen molar-refractivity contribution < 1.29 is 29.3 Å². The number of carbonyl (C=O) groups excluding carboxylic acids is 1. The minimum atomic E-state index is -0.825. The molecule has 0 heterocycles. The first-order valence-electron chi connectivity index (χ1n) is 9.58. The molecule has 0 aromatic heterocycles. The van der Waals surface area contributed by atoms with Gasteiger partial charge in [0.15, 0.2) is 5.69 Å². The standard InChI is InChI=1S/C19H21BrN6O8/c1-11(27)21-14-9-16(24(28)5-4-6-33-2)18(34-3)10-15(14)22-23-19-13(20)7-12(25(29)30)8-17(19)26(31)32/h7-10,28H,4-6H2,1-3H3,(H,21,27). The first-order chi connectivity index (χ1) is 16.1. The lowest BCUT2D eigenvalue weighted by atomic mass is 10.2. The highest BCUT2D eigenvalue weighted by Crippen LogP contribution is 2.42. The average Bonchev–Trinajstić information content (AvgIpc) is 2.77. The summed E-state index contributed by atoms with van der Waals surface area (Å²) in [5.41, 5.74) is -0.994. The summed E-state index contributed by atoms with van der Waals surface area (Å²) < 4.78 is 10.3. The zero-order chi connectivity index (χ0) is 25.4. The maximum Gasteiger partial charge on any atom is 0.304 e. The number of nitro groups is 2. The van der Waals surface area contributed by atoms with Crippen LogP contribution in [0.15, 0.2) is 39.0 Å². The van der Waals surface area contributed by atoms with Crippen molar-refractivity contribution >= 4 is 56.0 Å². The van der Waals surface area contributed by atoms with Crippen molar-refractivity contribution in [2.75, 3.05) is 37.8 Å². The lowest BCUT2D eigenvalue weighted by Crippen LogP contribution is -2.21. The average molecular weight is 541 g/mol. The second kappa shape index (κ2) is 12.0. The van der Waals surface area contributed by atoms with E-state index in [9.17, 15) is 30.2 Å². The van der Waals surface area contributed by atoms with Crippen LogP contribution < -0.4 is 15.1 Å². The molecule has 2 aromatic carbocycles. The van der Waals surface area contributed by atoms with Crippen LogP contribution in [0.5, 0.6) is 5.75 Å². The van der Waals surface area contributed by atoms with Crippen molar-refractivity contribution in [3.63, 3.8) is 0 Å². The predicted octanol–water partition coefficient (Wildman–Crippen LogP) is 4.88. The lowest BCUT2D eigenvalue weighted by molar-refractivity contribution is -0.393. The Morgan fingerprint density at radius 3 is 2.44 bits per heavy atom. The monoisotopic (exact) mass is 540 g/mol. The molecule has 0 atom stereocenters. The summed E-state index contributed by atoms with van der Waals surface area (Å²) in [7, 11) is 2.89. The fourth-order valence-corrected chi connectivity index (χ4v) is 3.31. The third-order valence-corrected chi connectivity index (χ3v) is 4.90. The number of azo groups is 1. The summed E-state index contributed by atoms with van der Waals surface area (Å²) >= 11 is 3.05. The molecular weight excluding hydrogens is 520 g/mol. The maximum absolute atomic E-state index is 11.7. The van der Waals surface area contributed by atoms with E-state index < -0.39 is 27.1 Å². The normalized spacial score (nSPS) is 10.9. The molecule has 2 aromatic rings. The van der Waals surface area contributed by atoms with Crippen LogP contribution in [0.25, 0.3) is 0 Å². The van der Waals surface area contributed by atoms with E-state index in [0.717, 1.165) is 17.2 Å². The zero-order valence-corrected chi connectivity index (χ0v) is 19.9. The number of hydrogen-bond acceptors (Lipinski definition) is 11. The summed E-state index contributed by atoms with van der Waals surface area (Å²) in [5.74, 6) is -0.265. The van der Waals surface area contributed by atoms with Crippen molar-refractivity contribution in [2.45, 2.75) is 13.3 Å². The van der Waals surface area contributed by atoms with E-state index in [2.05, 4.69) is 31.5 Å². The van der Waals surface area contributed by atoms with Gasteiger partial charge < -0.3 is 14.8 Å². The molecule has 0 aliphatic rings. The van der Waals surface area contributed by atoms with E-state index in [0.29, 0.717) is 13.0 Å². The van der Waals surface area contributed by atoms with Crippen LogP contribution in [-0.4, -0.2) is 48.3 Å². The SMILES string of the molecule is COCCCN(O)c1cc(NC(C)=O)c(N=Nc2c(Br)cc([N+](=O)[O-])cc2[N+](=O)[O-])cc1OC. The second-order valence-electron chi connectivity index (χ2n) is 6.70. The van der Waals surface area contributed by atoms with Gasteiger partial charge in [-0.2, -0.15) is 0 Å². The number of carbonyl (C=O) groups is 1. The molecule has 0 fully saturated rings. The van der Waals surface area contributed by atoms with E-state index in [-0.39, 0.29) is 39.5 Å². The largest absolute Gasteiger partial charge is 0.494 e. The topological polar surface area (TPSA) is 182 Å². The van der Waals surface area contributed by atoms with E-state index >= 15 is 0 Å². The summed E-state index contributed by atoms with van der Waals surface area (Å²) in [5, 5.41) is 44.2. The molecule has 2 rings (SSSR count). The van der Waals surface area contributed by atoms with Gasteiger partial charge in [-0.05, 0) is 28.4 Å². The van der Waals surface area contributed by atoms with Crippen LogP contribution >= 0.6 is 15.9 Å². The molecule has 2 N–H and O–H groups in total. The van der Waals surface area contributed by atoms with Crippen molar-refractivity contribution in [1.29, 1.82) is 0 Å². The van der Waals surface area contributed by atoms with Gasteiger partial charge in [0.2, 0.25) is 5.91 Å². The Bertz CT molecular complexity index is 1130. The number of hydroxylamine groups is 1. The zero-order valence-electron chi connectivity index (χ0n) is 18.3. The number of nitrogens with one attached hydrogen (secondary N) is 1. The van der Waals surface area contributed by atoms with E-state index in [1.165, 1.54) is 33.3 Å². The Hall–Kier alpha value is -3.69. The minimum absolute atomic E-state index is 0.0264. The molecule has 1 amide bonds. The highest BCUT2D eigenvalue weighted by molar-refractivity contribution is 9.10. The Balaban J connectivity index is 2.57. The van der Waals surface area contributed by atoms with Gasteiger partial charge in [-0.1, -0.05) is 0 Å². The van der Waals surface area contributed by atoms with Gasteiger partial charge in [0.1, 0.15) is 17.1 Å².